The first-order valence-electron chi connectivity index (χ1n) is 6.23. The highest BCUT2D eigenvalue weighted by Gasteiger charge is 2.44. The van der Waals surface area contributed by atoms with Gasteiger partial charge in [0, 0.05) is 17.4 Å². The summed E-state index contributed by atoms with van der Waals surface area (Å²) < 4.78 is 5.25. The highest BCUT2D eigenvalue weighted by molar-refractivity contribution is 5.97. The molecule has 7 heteroatoms. The second-order valence-corrected chi connectivity index (χ2v) is 5.06. The largest absolute Gasteiger partial charge is 0.379 e. The minimum atomic E-state index is -0.757. The highest BCUT2D eigenvalue weighted by Crippen LogP contribution is 2.29. The Bertz CT molecular complexity index is 534. The number of ether oxygens (including phenoxy) is 1. The molecule has 7 nitrogen and oxygen atoms in total. The summed E-state index contributed by atoms with van der Waals surface area (Å²) >= 11 is 0. The molecule has 1 fully saturated rings. The van der Waals surface area contributed by atoms with Gasteiger partial charge in [0.15, 0.2) is 0 Å². The van der Waals surface area contributed by atoms with Crippen LogP contribution in [0.15, 0.2) is 24.3 Å². The van der Waals surface area contributed by atoms with Crippen molar-refractivity contribution in [2.45, 2.75) is 13.0 Å². The van der Waals surface area contributed by atoms with Gasteiger partial charge in [-0.25, -0.2) is 4.79 Å². The van der Waals surface area contributed by atoms with Crippen molar-refractivity contribution >= 4 is 23.3 Å². The van der Waals surface area contributed by atoms with Crippen molar-refractivity contribution < 1.29 is 14.3 Å². The van der Waals surface area contributed by atoms with E-state index in [9.17, 15) is 9.59 Å². The van der Waals surface area contributed by atoms with Crippen LogP contribution in [-0.2, 0) is 9.53 Å². The van der Waals surface area contributed by atoms with E-state index >= 15 is 0 Å². The van der Waals surface area contributed by atoms with Crippen molar-refractivity contribution in [2.24, 2.45) is 16.9 Å². The molecule has 1 saturated heterocycles. The molecule has 2 unspecified atom stereocenters. The van der Waals surface area contributed by atoms with Crippen LogP contribution < -0.4 is 22.1 Å². The molecule has 1 aliphatic heterocycles. The zero-order valence-electron chi connectivity index (χ0n) is 11.2. The van der Waals surface area contributed by atoms with E-state index in [0.717, 1.165) is 0 Å². The lowest BCUT2D eigenvalue weighted by atomic mass is 9.85. The lowest BCUT2D eigenvalue weighted by Crippen LogP contribution is -2.47. The minimum absolute atomic E-state index is 0.210. The molecule has 1 aromatic carbocycles. The Morgan fingerprint density at radius 3 is 2.55 bits per heavy atom. The Hall–Kier alpha value is -2.12. The summed E-state index contributed by atoms with van der Waals surface area (Å²) in [6.45, 7) is 2.43. The van der Waals surface area contributed by atoms with Gasteiger partial charge in [0.05, 0.1) is 18.6 Å². The Kier molecular flexibility index (Phi) is 3.91. The molecule has 0 aromatic heterocycles. The smallest absolute Gasteiger partial charge is 0.316 e. The van der Waals surface area contributed by atoms with Gasteiger partial charge >= 0.3 is 6.03 Å². The number of nitrogens with one attached hydrogen (secondary N) is 2. The Balaban J connectivity index is 2.10. The van der Waals surface area contributed by atoms with E-state index in [0.29, 0.717) is 24.6 Å². The molecule has 3 amide bonds. The fourth-order valence-corrected chi connectivity index (χ4v) is 2.01. The molecule has 2 atom stereocenters. The number of carbonyl (C=O) groups excluding carboxylic acids is 2. The molecular formula is C13H18N4O3. The topological polar surface area (TPSA) is 119 Å². The van der Waals surface area contributed by atoms with Gasteiger partial charge in [-0.3, -0.25) is 4.79 Å². The summed E-state index contributed by atoms with van der Waals surface area (Å²) in [4.78, 5) is 23.1. The average Bonchev–Trinajstić information content (AvgIpc) is 2.70. The monoisotopic (exact) mass is 278 g/mol. The fourth-order valence-electron chi connectivity index (χ4n) is 2.01. The van der Waals surface area contributed by atoms with E-state index in [1.165, 1.54) is 0 Å². The van der Waals surface area contributed by atoms with Crippen molar-refractivity contribution in [1.29, 1.82) is 0 Å². The number of nitrogens with two attached hydrogens (primary N) is 2. The van der Waals surface area contributed by atoms with E-state index in [4.69, 9.17) is 16.2 Å². The van der Waals surface area contributed by atoms with E-state index in [1.807, 2.05) is 0 Å². The van der Waals surface area contributed by atoms with Crippen LogP contribution in [0.25, 0.3) is 0 Å². The normalized spacial score (nSPS) is 25.2. The number of primary amides is 1. The number of amides is 3. The number of rotatable bonds is 3. The Labute approximate surface area is 116 Å². The molecule has 0 bridgehead atoms. The summed E-state index contributed by atoms with van der Waals surface area (Å²) in [7, 11) is 0. The summed E-state index contributed by atoms with van der Waals surface area (Å²) in [6.07, 6.45) is 0. The fraction of sp³-hybridized carbons (Fsp3) is 0.385. The van der Waals surface area contributed by atoms with Crippen LogP contribution in [0.2, 0.25) is 0 Å². The van der Waals surface area contributed by atoms with Crippen LogP contribution in [0.1, 0.15) is 6.92 Å². The van der Waals surface area contributed by atoms with Crippen molar-refractivity contribution in [3.05, 3.63) is 24.3 Å². The van der Waals surface area contributed by atoms with Crippen molar-refractivity contribution in [3.8, 4) is 0 Å². The first-order valence-corrected chi connectivity index (χ1v) is 6.23. The van der Waals surface area contributed by atoms with E-state index in [1.54, 1.807) is 31.2 Å². The summed E-state index contributed by atoms with van der Waals surface area (Å²) in [5.74, 6) is -0.210. The van der Waals surface area contributed by atoms with E-state index in [-0.39, 0.29) is 11.9 Å². The number of hydrogen-bond donors (Lipinski definition) is 4. The maximum atomic E-state index is 12.3. The summed E-state index contributed by atoms with van der Waals surface area (Å²) in [5, 5.41) is 5.22. The lowest BCUT2D eigenvalue weighted by Gasteiger charge is -2.25. The van der Waals surface area contributed by atoms with Crippen LogP contribution in [-0.4, -0.2) is 31.2 Å². The number of benzene rings is 1. The molecule has 108 valence electrons. The first kappa shape index (κ1) is 14.3. The highest BCUT2D eigenvalue weighted by atomic mass is 16.5. The minimum Gasteiger partial charge on any atom is -0.379 e. The maximum absolute atomic E-state index is 12.3. The molecule has 6 N–H and O–H groups in total. The predicted molar refractivity (Wildman–Crippen MR) is 75.2 cm³/mol. The SMILES string of the molecule is CC1(C(=O)Nc2cccc(NC(N)=O)c2)COCC1N. The summed E-state index contributed by atoms with van der Waals surface area (Å²) in [5.41, 5.74) is 11.3. The third-order valence-corrected chi connectivity index (χ3v) is 3.42. The molecule has 20 heavy (non-hydrogen) atoms. The quantitative estimate of drug-likeness (QED) is 0.642. The Morgan fingerprint density at radius 1 is 1.35 bits per heavy atom. The molecule has 1 aliphatic rings. The number of anilines is 2. The zero-order valence-corrected chi connectivity index (χ0v) is 11.2. The second kappa shape index (κ2) is 5.48. The van der Waals surface area contributed by atoms with Crippen molar-refractivity contribution in [2.75, 3.05) is 23.8 Å². The molecule has 2 rings (SSSR count). The van der Waals surface area contributed by atoms with Gasteiger partial charge in [0.25, 0.3) is 0 Å². The zero-order chi connectivity index (χ0) is 14.8. The molecule has 0 aliphatic carbocycles. The van der Waals surface area contributed by atoms with Crippen LogP contribution in [0.5, 0.6) is 0 Å². The molecule has 0 spiro atoms. The van der Waals surface area contributed by atoms with Gasteiger partial charge in [-0.1, -0.05) is 6.07 Å². The maximum Gasteiger partial charge on any atom is 0.316 e. The van der Waals surface area contributed by atoms with Crippen molar-refractivity contribution in [1.82, 2.24) is 0 Å². The standard InChI is InChI=1S/C13H18N4O3/c1-13(7-20-6-10(13)14)11(18)16-8-3-2-4-9(5-8)17-12(15)19/h2-5,10H,6-7,14H2,1H3,(H,16,18)(H3,15,17,19). The van der Waals surface area contributed by atoms with Crippen molar-refractivity contribution in [3.63, 3.8) is 0 Å². The second-order valence-electron chi connectivity index (χ2n) is 5.06. The van der Waals surface area contributed by atoms with Gasteiger partial charge in [0.2, 0.25) is 5.91 Å². The average molecular weight is 278 g/mol. The van der Waals surface area contributed by atoms with Crippen LogP contribution in [0.4, 0.5) is 16.2 Å². The van der Waals surface area contributed by atoms with E-state index in [2.05, 4.69) is 10.6 Å². The Morgan fingerprint density at radius 2 is 2.00 bits per heavy atom. The van der Waals surface area contributed by atoms with E-state index < -0.39 is 11.4 Å². The lowest BCUT2D eigenvalue weighted by molar-refractivity contribution is -0.125. The van der Waals surface area contributed by atoms with Crippen LogP contribution in [0.3, 0.4) is 0 Å². The van der Waals surface area contributed by atoms with Gasteiger partial charge in [-0.2, -0.15) is 0 Å². The molecule has 0 saturated carbocycles. The third kappa shape index (κ3) is 2.89. The van der Waals surface area contributed by atoms with Gasteiger partial charge in [-0.15, -0.1) is 0 Å². The van der Waals surface area contributed by atoms with Gasteiger partial charge in [-0.05, 0) is 25.1 Å². The number of urea groups is 1. The molecule has 1 heterocycles. The third-order valence-electron chi connectivity index (χ3n) is 3.42. The molecule has 0 radical (unpaired) electrons. The summed E-state index contributed by atoms with van der Waals surface area (Å²) in [6, 6.07) is 5.71. The first-order chi connectivity index (χ1) is 9.41. The predicted octanol–water partition coefficient (Wildman–Crippen LogP) is 0.480. The van der Waals surface area contributed by atoms with Crippen LogP contribution in [0, 0.1) is 5.41 Å². The number of carbonyl (C=O) groups is 2. The van der Waals surface area contributed by atoms with Gasteiger partial charge in [0.1, 0.15) is 0 Å². The van der Waals surface area contributed by atoms with Crippen LogP contribution >= 0.6 is 0 Å². The number of hydrogen-bond acceptors (Lipinski definition) is 4. The molecular weight excluding hydrogens is 260 g/mol. The van der Waals surface area contributed by atoms with Gasteiger partial charge < -0.3 is 26.8 Å². The molecule has 1 aromatic rings.